The predicted octanol–water partition coefficient (Wildman–Crippen LogP) is 16.9. The molecule has 0 aromatic rings. The van der Waals surface area contributed by atoms with Crippen LogP contribution in [0.2, 0.25) is 0 Å². The number of ether oxygens (including phenoxy) is 3. The van der Waals surface area contributed by atoms with Crippen molar-refractivity contribution in [2.45, 2.75) is 213 Å². The van der Waals surface area contributed by atoms with E-state index in [4.69, 9.17) is 14.2 Å². The fourth-order valence-corrected chi connectivity index (χ4v) is 6.52. The number of unbranched alkanes of at least 4 members (excludes halogenated alkanes) is 17. The maximum atomic E-state index is 12.8. The highest BCUT2D eigenvalue weighted by Gasteiger charge is 2.19. The number of rotatable bonds is 44. The van der Waals surface area contributed by atoms with E-state index in [-0.39, 0.29) is 44.0 Å². The van der Waals surface area contributed by atoms with Gasteiger partial charge in [0.1, 0.15) is 13.2 Å². The van der Waals surface area contributed by atoms with E-state index in [1.165, 1.54) is 57.8 Å². The number of esters is 3. The third-order valence-corrected chi connectivity index (χ3v) is 10.3. The predicted molar refractivity (Wildman–Crippen MR) is 274 cm³/mol. The number of hydrogen-bond donors (Lipinski definition) is 0. The van der Waals surface area contributed by atoms with Crippen molar-refractivity contribution in [3.8, 4) is 0 Å². The lowest BCUT2D eigenvalue weighted by molar-refractivity contribution is -0.167. The SMILES string of the molecule is CC\C=C/C=C\C=C/C=C\C=C/CCCC(=O)OCC(COC(=O)CCCCCCCC/C=C\C/C=C\C/C=C\C/C=C\CC)OC(=O)CCCCC/C=C\CCCCCCCCC. The summed E-state index contributed by atoms with van der Waals surface area (Å²) in [5.74, 6) is -1.03. The zero-order valence-electron chi connectivity index (χ0n) is 41.0. The van der Waals surface area contributed by atoms with Gasteiger partial charge in [0.15, 0.2) is 6.10 Å². The minimum absolute atomic E-state index is 0.118. The maximum absolute atomic E-state index is 12.8. The van der Waals surface area contributed by atoms with Crippen molar-refractivity contribution in [3.05, 3.63) is 122 Å². The highest BCUT2D eigenvalue weighted by atomic mass is 16.6. The quantitative estimate of drug-likeness (QED) is 0.0199. The average Bonchev–Trinajstić information content (AvgIpc) is 3.29. The molecule has 0 saturated carbocycles. The Morgan fingerprint density at radius 2 is 0.703 bits per heavy atom. The Labute approximate surface area is 392 Å². The van der Waals surface area contributed by atoms with Crippen LogP contribution in [0.15, 0.2) is 122 Å². The number of hydrogen-bond acceptors (Lipinski definition) is 6. The van der Waals surface area contributed by atoms with Crippen molar-refractivity contribution in [1.82, 2.24) is 0 Å². The lowest BCUT2D eigenvalue weighted by atomic mass is 10.1. The van der Waals surface area contributed by atoms with E-state index in [1.807, 2.05) is 54.7 Å². The molecule has 0 spiro atoms. The molecule has 6 heteroatoms. The molecule has 6 nitrogen and oxygen atoms in total. The largest absolute Gasteiger partial charge is 0.462 e. The molecule has 0 aromatic heterocycles. The van der Waals surface area contributed by atoms with Gasteiger partial charge in [-0.05, 0) is 96.3 Å². The average molecular weight is 885 g/mol. The zero-order valence-corrected chi connectivity index (χ0v) is 41.0. The second kappa shape index (κ2) is 51.4. The van der Waals surface area contributed by atoms with Crippen LogP contribution in [0.5, 0.6) is 0 Å². The highest BCUT2D eigenvalue weighted by Crippen LogP contribution is 2.13. The number of carbonyl (C=O) groups is 3. The number of carbonyl (C=O) groups excluding carboxylic acids is 3. The minimum Gasteiger partial charge on any atom is -0.462 e. The summed E-state index contributed by atoms with van der Waals surface area (Å²) in [6.07, 6.45) is 70.5. The summed E-state index contributed by atoms with van der Waals surface area (Å²) in [6.45, 7) is 6.27. The molecule has 0 amide bonds. The van der Waals surface area contributed by atoms with Gasteiger partial charge in [-0.15, -0.1) is 0 Å². The summed E-state index contributed by atoms with van der Waals surface area (Å²) in [4.78, 5) is 37.9. The Balaban J connectivity index is 4.52. The Morgan fingerprint density at radius 3 is 1.22 bits per heavy atom. The van der Waals surface area contributed by atoms with E-state index in [1.54, 1.807) is 0 Å². The summed E-state index contributed by atoms with van der Waals surface area (Å²) in [7, 11) is 0. The van der Waals surface area contributed by atoms with Gasteiger partial charge in [0.25, 0.3) is 0 Å². The standard InChI is InChI=1S/C58H92O6/c1-4-7-10-13-16-19-22-25-27-28-29-30-31-34-36-39-42-45-48-51-57(60)63-54-55(53-62-56(59)50-47-44-41-38-35-32-24-21-18-15-12-9-6-3)64-58(61)52-49-46-43-40-37-33-26-23-20-17-14-11-8-5-2/h7,9-10,12,15-16,18-19,21,24-25,27,29-30,32-33,35,37-38,41,55H,4-6,8,11,13-14,17,20,22-23,26,28,31,34,36,39-40,42-54H2,1-3H3/b10-7-,12-9-,18-15-,19-16-,24-21-,27-25-,30-29-,35-32-,37-33-,41-38-. The van der Waals surface area contributed by atoms with E-state index in [0.29, 0.717) is 12.8 Å². The maximum Gasteiger partial charge on any atom is 0.306 e. The number of allylic oxidation sites excluding steroid dienone is 20. The first-order valence-corrected chi connectivity index (χ1v) is 25.6. The summed E-state index contributed by atoms with van der Waals surface area (Å²) in [6, 6.07) is 0. The van der Waals surface area contributed by atoms with Gasteiger partial charge in [-0.25, -0.2) is 0 Å². The summed E-state index contributed by atoms with van der Waals surface area (Å²) >= 11 is 0. The molecule has 0 aliphatic carbocycles. The van der Waals surface area contributed by atoms with Gasteiger partial charge in [-0.3, -0.25) is 14.4 Å². The highest BCUT2D eigenvalue weighted by molar-refractivity contribution is 5.71. The van der Waals surface area contributed by atoms with Crippen molar-refractivity contribution in [3.63, 3.8) is 0 Å². The Hall–Kier alpha value is -4.19. The van der Waals surface area contributed by atoms with Gasteiger partial charge in [-0.1, -0.05) is 213 Å². The van der Waals surface area contributed by atoms with E-state index in [9.17, 15) is 14.4 Å². The molecule has 0 aliphatic rings. The Kier molecular flexibility index (Phi) is 48.1. The summed E-state index contributed by atoms with van der Waals surface area (Å²) in [5.41, 5.74) is 0. The molecule has 0 rings (SSSR count). The molecule has 0 aromatic carbocycles. The van der Waals surface area contributed by atoms with Gasteiger partial charge < -0.3 is 14.2 Å². The van der Waals surface area contributed by atoms with Crippen molar-refractivity contribution in [1.29, 1.82) is 0 Å². The van der Waals surface area contributed by atoms with Crippen LogP contribution in [-0.4, -0.2) is 37.2 Å². The van der Waals surface area contributed by atoms with Crippen LogP contribution in [0.3, 0.4) is 0 Å². The topological polar surface area (TPSA) is 78.9 Å². The van der Waals surface area contributed by atoms with Gasteiger partial charge in [-0.2, -0.15) is 0 Å². The molecule has 0 fully saturated rings. The van der Waals surface area contributed by atoms with Gasteiger partial charge in [0.2, 0.25) is 0 Å². The molecular formula is C58H92O6. The fourth-order valence-electron chi connectivity index (χ4n) is 6.52. The van der Waals surface area contributed by atoms with E-state index >= 15 is 0 Å². The molecule has 0 N–H and O–H groups in total. The molecule has 360 valence electrons. The molecule has 0 bridgehead atoms. The molecule has 1 unspecified atom stereocenters. The first-order valence-electron chi connectivity index (χ1n) is 25.6. The van der Waals surface area contributed by atoms with Crippen LogP contribution in [-0.2, 0) is 28.6 Å². The fraction of sp³-hybridized carbons (Fsp3) is 0.603. The van der Waals surface area contributed by atoms with E-state index < -0.39 is 6.10 Å². The first kappa shape index (κ1) is 59.8. The summed E-state index contributed by atoms with van der Waals surface area (Å²) in [5, 5.41) is 0. The molecule has 0 heterocycles. The van der Waals surface area contributed by atoms with Crippen LogP contribution in [0, 0.1) is 0 Å². The molecule has 0 saturated heterocycles. The lowest BCUT2D eigenvalue weighted by Gasteiger charge is -2.18. The molecule has 64 heavy (non-hydrogen) atoms. The van der Waals surface area contributed by atoms with Gasteiger partial charge in [0.05, 0.1) is 0 Å². The van der Waals surface area contributed by atoms with E-state index in [2.05, 4.69) is 87.6 Å². The Bertz CT molecular complexity index is 1390. The van der Waals surface area contributed by atoms with Crippen LogP contribution >= 0.6 is 0 Å². The van der Waals surface area contributed by atoms with Crippen LogP contribution in [0.1, 0.15) is 207 Å². The second-order valence-corrected chi connectivity index (χ2v) is 16.4. The zero-order chi connectivity index (χ0) is 46.5. The smallest absolute Gasteiger partial charge is 0.306 e. The molecule has 0 aliphatic heterocycles. The molecular weight excluding hydrogens is 793 g/mol. The van der Waals surface area contributed by atoms with Crippen molar-refractivity contribution >= 4 is 17.9 Å². The van der Waals surface area contributed by atoms with E-state index in [0.717, 1.165) is 103 Å². The van der Waals surface area contributed by atoms with Crippen LogP contribution in [0.4, 0.5) is 0 Å². The van der Waals surface area contributed by atoms with Gasteiger partial charge >= 0.3 is 17.9 Å². The minimum atomic E-state index is -0.823. The van der Waals surface area contributed by atoms with Crippen LogP contribution < -0.4 is 0 Å². The molecule has 1 atom stereocenters. The normalized spacial score (nSPS) is 13.1. The van der Waals surface area contributed by atoms with Crippen molar-refractivity contribution < 1.29 is 28.6 Å². The Morgan fingerprint density at radius 1 is 0.344 bits per heavy atom. The lowest BCUT2D eigenvalue weighted by Crippen LogP contribution is -2.30. The van der Waals surface area contributed by atoms with Crippen molar-refractivity contribution in [2.75, 3.05) is 13.2 Å². The molecule has 0 radical (unpaired) electrons. The third kappa shape index (κ3) is 48.8. The third-order valence-electron chi connectivity index (χ3n) is 10.3. The van der Waals surface area contributed by atoms with Crippen LogP contribution in [0.25, 0.3) is 0 Å². The van der Waals surface area contributed by atoms with Crippen molar-refractivity contribution in [2.24, 2.45) is 0 Å². The first-order chi connectivity index (χ1) is 31.5. The summed E-state index contributed by atoms with van der Waals surface area (Å²) < 4.78 is 16.7. The monoisotopic (exact) mass is 885 g/mol. The second-order valence-electron chi connectivity index (χ2n) is 16.4. The van der Waals surface area contributed by atoms with Gasteiger partial charge in [0, 0.05) is 19.3 Å².